The van der Waals surface area contributed by atoms with Crippen LogP contribution >= 0.6 is 24.8 Å². The molecular formula is C17H23Cl2N3O. The molecule has 0 unspecified atom stereocenters. The molecule has 126 valence electrons. The normalized spacial score (nSPS) is 17.3. The second-order valence-electron chi connectivity index (χ2n) is 5.87. The highest BCUT2D eigenvalue weighted by Gasteiger charge is 2.25. The largest absolute Gasteiger partial charge is 0.333 e. The number of aryl methyl sites for hydroxylation is 2. The Hall–Kier alpha value is -1.36. The lowest BCUT2D eigenvalue weighted by molar-refractivity contribution is 0.0654. The predicted molar refractivity (Wildman–Crippen MR) is 99.1 cm³/mol. The Bertz CT molecular complexity index is 706. The predicted octanol–water partition coefficient (Wildman–Crippen LogP) is 3.13. The molecule has 23 heavy (non-hydrogen) atoms. The topological polar surface area (TPSA) is 45.2 Å². The summed E-state index contributed by atoms with van der Waals surface area (Å²) in [5.74, 6) is 0.0948. The third-order valence-corrected chi connectivity index (χ3v) is 4.15. The molecule has 1 aromatic heterocycles. The van der Waals surface area contributed by atoms with Crippen LogP contribution in [0.4, 0.5) is 0 Å². The van der Waals surface area contributed by atoms with E-state index in [9.17, 15) is 4.79 Å². The van der Waals surface area contributed by atoms with Gasteiger partial charge in [-0.3, -0.25) is 9.78 Å². The molecule has 1 fully saturated rings. The average molecular weight is 356 g/mol. The van der Waals surface area contributed by atoms with Gasteiger partial charge in [0.1, 0.15) is 0 Å². The van der Waals surface area contributed by atoms with Crippen molar-refractivity contribution in [3.63, 3.8) is 0 Å². The average Bonchev–Trinajstić information content (AvgIpc) is 2.47. The zero-order valence-electron chi connectivity index (χ0n) is 13.6. The van der Waals surface area contributed by atoms with Gasteiger partial charge in [-0.05, 0) is 39.0 Å². The van der Waals surface area contributed by atoms with E-state index in [0.717, 1.165) is 41.8 Å². The van der Waals surface area contributed by atoms with Gasteiger partial charge in [0, 0.05) is 31.1 Å². The lowest BCUT2D eigenvalue weighted by atomic mass is 10.1. The van der Waals surface area contributed by atoms with Crippen LogP contribution in [0.2, 0.25) is 0 Å². The Morgan fingerprint density at radius 3 is 2.70 bits per heavy atom. The molecule has 1 aromatic carbocycles. The van der Waals surface area contributed by atoms with Gasteiger partial charge < -0.3 is 10.2 Å². The third-order valence-electron chi connectivity index (χ3n) is 4.15. The number of pyridine rings is 1. The number of rotatable bonds is 1. The minimum atomic E-state index is 0. The maximum atomic E-state index is 12.8. The maximum absolute atomic E-state index is 12.8. The maximum Gasteiger partial charge on any atom is 0.256 e. The van der Waals surface area contributed by atoms with Crippen LogP contribution < -0.4 is 5.32 Å². The summed E-state index contributed by atoms with van der Waals surface area (Å²) in [6.07, 6.45) is 0. The van der Waals surface area contributed by atoms with Gasteiger partial charge in [-0.25, -0.2) is 0 Å². The molecule has 2 heterocycles. The second kappa shape index (κ2) is 7.95. The Labute approximate surface area is 149 Å². The van der Waals surface area contributed by atoms with Gasteiger partial charge in [-0.1, -0.05) is 11.6 Å². The van der Waals surface area contributed by atoms with Crippen molar-refractivity contribution < 1.29 is 4.79 Å². The lowest BCUT2D eigenvalue weighted by Crippen LogP contribution is -2.52. The van der Waals surface area contributed by atoms with Crippen LogP contribution in [0.3, 0.4) is 0 Å². The minimum absolute atomic E-state index is 0. The molecule has 2 aromatic rings. The number of nitrogens with zero attached hydrogens (tertiary/aromatic N) is 2. The fourth-order valence-corrected chi connectivity index (χ4v) is 2.91. The Kier molecular flexibility index (Phi) is 6.81. The van der Waals surface area contributed by atoms with Crippen molar-refractivity contribution in [2.45, 2.75) is 26.8 Å². The summed E-state index contributed by atoms with van der Waals surface area (Å²) in [4.78, 5) is 19.4. The van der Waals surface area contributed by atoms with Gasteiger partial charge in [0.2, 0.25) is 0 Å². The summed E-state index contributed by atoms with van der Waals surface area (Å²) < 4.78 is 0. The van der Waals surface area contributed by atoms with E-state index >= 15 is 0 Å². The highest BCUT2D eigenvalue weighted by Crippen LogP contribution is 2.20. The number of halogens is 2. The zero-order chi connectivity index (χ0) is 15.0. The molecule has 1 aliphatic rings. The van der Waals surface area contributed by atoms with Crippen molar-refractivity contribution in [3.8, 4) is 0 Å². The van der Waals surface area contributed by atoms with E-state index in [1.165, 1.54) is 5.56 Å². The summed E-state index contributed by atoms with van der Waals surface area (Å²) in [5.41, 5.74) is 3.66. The molecule has 1 saturated heterocycles. The Morgan fingerprint density at radius 1 is 1.26 bits per heavy atom. The Balaban J connectivity index is 0.00000132. The monoisotopic (exact) mass is 355 g/mol. The van der Waals surface area contributed by atoms with Gasteiger partial charge in [-0.2, -0.15) is 0 Å². The molecule has 1 amide bonds. The smallest absolute Gasteiger partial charge is 0.256 e. The van der Waals surface area contributed by atoms with Crippen molar-refractivity contribution >= 4 is 41.6 Å². The fraction of sp³-hybridized carbons (Fsp3) is 0.412. The number of aromatic nitrogens is 1. The summed E-state index contributed by atoms with van der Waals surface area (Å²) in [6.45, 7) is 8.52. The minimum Gasteiger partial charge on any atom is -0.333 e. The summed E-state index contributed by atoms with van der Waals surface area (Å²) in [5, 5.41) is 4.35. The van der Waals surface area contributed by atoms with Crippen molar-refractivity contribution in [2.75, 3.05) is 19.6 Å². The van der Waals surface area contributed by atoms with Gasteiger partial charge in [0.25, 0.3) is 5.91 Å². The second-order valence-corrected chi connectivity index (χ2v) is 5.87. The first-order valence-electron chi connectivity index (χ1n) is 7.46. The number of amides is 1. The van der Waals surface area contributed by atoms with Crippen molar-refractivity contribution in [1.29, 1.82) is 0 Å². The summed E-state index contributed by atoms with van der Waals surface area (Å²) in [7, 11) is 0. The first-order chi connectivity index (χ1) is 10.1. The van der Waals surface area contributed by atoms with Crippen LogP contribution in [-0.2, 0) is 0 Å². The van der Waals surface area contributed by atoms with Crippen LogP contribution in [0.15, 0.2) is 24.3 Å². The quantitative estimate of drug-likeness (QED) is 0.854. The van der Waals surface area contributed by atoms with E-state index in [4.69, 9.17) is 0 Å². The van der Waals surface area contributed by atoms with E-state index in [0.29, 0.717) is 0 Å². The number of hydrogen-bond acceptors (Lipinski definition) is 3. The highest BCUT2D eigenvalue weighted by molar-refractivity contribution is 5.99. The zero-order valence-corrected chi connectivity index (χ0v) is 15.3. The molecular weight excluding hydrogens is 333 g/mol. The molecule has 1 aliphatic heterocycles. The number of carbonyl (C=O) groups is 1. The van der Waals surface area contributed by atoms with Crippen LogP contribution in [-0.4, -0.2) is 41.5 Å². The summed E-state index contributed by atoms with van der Waals surface area (Å²) >= 11 is 0. The van der Waals surface area contributed by atoms with Crippen molar-refractivity contribution in [2.24, 2.45) is 0 Å². The van der Waals surface area contributed by atoms with E-state index in [-0.39, 0.29) is 36.8 Å². The van der Waals surface area contributed by atoms with Gasteiger partial charge in [0.15, 0.2) is 0 Å². The lowest BCUT2D eigenvalue weighted by Gasteiger charge is -2.34. The molecule has 0 aliphatic carbocycles. The molecule has 0 saturated carbocycles. The molecule has 0 bridgehead atoms. The van der Waals surface area contributed by atoms with Crippen LogP contribution in [0, 0.1) is 13.8 Å². The van der Waals surface area contributed by atoms with Crippen LogP contribution in [0.1, 0.15) is 28.5 Å². The third kappa shape index (κ3) is 3.94. The molecule has 1 N–H and O–H groups in total. The Morgan fingerprint density at radius 2 is 2.00 bits per heavy atom. The number of hydrogen-bond donors (Lipinski definition) is 1. The molecule has 6 heteroatoms. The number of carbonyl (C=O) groups excluding carboxylic acids is 1. The first-order valence-corrected chi connectivity index (χ1v) is 7.46. The van der Waals surface area contributed by atoms with Crippen molar-refractivity contribution in [1.82, 2.24) is 15.2 Å². The number of benzene rings is 1. The fourth-order valence-electron chi connectivity index (χ4n) is 2.91. The van der Waals surface area contributed by atoms with E-state index < -0.39 is 0 Å². The molecule has 3 rings (SSSR count). The van der Waals surface area contributed by atoms with E-state index in [1.54, 1.807) is 0 Å². The van der Waals surface area contributed by atoms with Gasteiger partial charge >= 0.3 is 0 Å². The summed E-state index contributed by atoms with van der Waals surface area (Å²) in [6, 6.07) is 8.36. The van der Waals surface area contributed by atoms with Gasteiger partial charge in [-0.15, -0.1) is 24.8 Å². The molecule has 4 nitrogen and oxygen atoms in total. The highest BCUT2D eigenvalue weighted by atomic mass is 35.5. The van der Waals surface area contributed by atoms with E-state index in [1.807, 2.05) is 24.0 Å². The van der Waals surface area contributed by atoms with Gasteiger partial charge in [0.05, 0.1) is 16.8 Å². The number of fused-ring (bicyclic) bond motifs is 1. The van der Waals surface area contributed by atoms with Crippen molar-refractivity contribution in [3.05, 3.63) is 41.1 Å². The first kappa shape index (κ1) is 19.7. The number of nitrogens with one attached hydrogen (secondary N) is 1. The molecule has 1 atom stereocenters. The molecule has 0 radical (unpaired) electrons. The van der Waals surface area contributed by atoms with Crippen LogP contribution in [0.5, 0.6) is 0 Å². The SMILES string of the molecule is Cc1ccc2nc(C)c(C(=O)N3CCNC[C@H]3C)cc2c1.Cl.Cl. The standard InChI is InChI=1S/C17H21N3O.2ClH/c1-11-4-5-16-14(8-11)9-15(13(3)19-16)17(21)20-7-6-18-10-12(20)2;;/h4-5,8-9,12,18H,6-7,10H2,1-3H3;2*1H/t12-;;/m1../s1. The van der Waals surface area contributed by atoms with Crippen LogP contribution in [0.25, 0.3) is 10.9 Å². The van der Waals surface area contributed by atoms with E-state index in [2.05, 4.69) is 36.3 Å². The number of piperazine rings is 1. The molecule has 0 spiro atoms.